The van der Waals surface area contributed by atoms with Crippen LogP contribution in [-0.2, 0) is 4.52 Å². The van der Waals surface area contributed by atoms with E-state index in [9.17, 15) is 0 Å². The second-order valence-corrected chi connectivity index (χ2v) is 6.12. The van der Waals surface area contributed by atoms with Gasteiger partial charge in [-0.15, -0.1) is 0 Å². The van der Waals surface area contributed by atoms with Crippen LogP contribution in [0.5, 0.6) is 0 Å². The Kier molecular flexibility index (Phi) is 10.3. The van der Waals surface area contributed by atoms with Gasteiger partial charge in [0.1, 0.15) is 0 Å². The highest BCUT2D eigenvalue weighted by Crippen LogP contribution is 2.29. The van der Waals surface area contributed by atoms with Gasteiger partial charge in [0.25, 0.3) is 0 Å². The van der Waals surface area contributed by atoms with E-state index in [0.717, 1.165) is 32.7 Å². The zero-order chi connectivity index (χ0) is 13.1. The zero-order valence-corrected chi connectivity index (χ0v) is 12.4. The number of nitrogens with one attached hydrogen (secondary N) is 3. The molecule has 6 heteroatoms. The van der Waals surface area contributed by atoms with Gasteiger partial charge in [0.05, 0.1) is 6.61 Å². The fraction of sp³-hybridized carbons (Fsp3) is 1.00. The van der Waals surface area contributed by atoms with Crippen molar-refractivity contribution in [1.82, 2.24) is 16.0 Å². The van der Waals surface area contributed by atoms with Gasteiger partial charge in [-0.25, -0.2) is 0 Å². The van der Waals surface area contributed by atoms with E-state index in [1.165, 1.54) is 0 Å². The molecular weight excluding hydrogens is 237 g/mol. The molecule has 4 N–H and O–H groups in total. The van der Waals surface area contributed by atoms with Crippen molar-refractivity contribution in [2.75, 3.05) is 53.0 Å². The largest absolute Gasteiger partial charge is 0.350 e. The fourth-order valence-electron chi connectivity index (χ4n) is 1.26. The molecule has 0 saturated heterocycles. The van der Waals surface area contributed by atoms with Gasteiger partial charge in [0.15, 0.2) is 8.38 Å². The molecule has 0 bridgehead atoms. The summed E-state index contributed by atoms with van der Waals surface area (Å²) < 4.78 is 5.27. The zero-order valence-electron chi connectivity index (χ0n) is 11.5. The molecule has 0 saturated carbocycles. The maximum Gasteiger partial charge on any atom is 0.164 e. The molecular formula is C11H28N3O2P. The van der Waals surface area contributed by atoms with E-state index in [2.05, 4.69) is 29.8 Å². The molecule has 0 amide bonds. The SMILES string of the molecule is CNCCNCCNCC(C)(C)COP(C)O. The quantitative estimate of drug-likeness (QED) is 0.321. The molecule has 0 aliphatic rings. The van der Waals surface area contributed by atoms with Crippen molar-refractivity contribution in [1.29, 1.82) is 0 Å². The third-order valence-corrected chi connectivity index (χ3v) is 2.78. The summed E-state index contributed by atoms with van der Waals surface area (Å²) in [6.45, 7) is 11.4. The van der Waals surface area contributed by atoms with Crippen molar-refractivity contribution in [3.63, 3.8) is 0 Å². The molecule has 0 aliphatic heterocycles. The normalized spacial score (nSPS) is 13.9. The Morgan fingerprint density at radius 1 is 1.12 bits per heavy atom. The third kappa shape index (κ3) is 12.5. The van der Waals surface area contributed by atoms with E-state index in [1.807, 2.05) is 7.05 Å². The summed E-state index contributed by atoms with van der Waals surface area (Å²) in [5.74, 6) is 0. The molecule has 0 heterocycles. The van der Waals surface area contributed by atoms with E-state index in [0.29, 0.717) is 6.61 Å². The van der Waals surface area contributed by atoms with Gasteiger partial charge in [0, 0.05) is 44.8 Å². The van der Waals surface area contributed by atoms with Gasteiger partial charge >= 0.3 is 0 Å². The van der Waals surface area contributed by atoms with Crippen molar-refractivity contribution in [3.8, 4) is 0 Å². The molecule has 0 spiro atoms. The van der Waals surface area contributed by atoms with Crippen molar-refractivity contribution in [2.24, 2.45) is 5.41 Å². The van der Waals surface area contributed by atoms with E-state index in [4.69, 9.17) is 9.42 Å². The van der Waals surface area contributed by atoms with E-state index in [-0.39, 0.29) is 5.41 Å². The lowest BCUT2D eigenvalue weighted by molar-refractivity contribution is 0.178. The minimum Gasteiger partial charge on any atom is -0.350 e. The molecule has 0 fully saturated rings. The lowest BCUT2D eigenvalue weighted by atomic mass is 9.95. The molecule has 0 radical (unpaired) electrons. The van der Waals surface area contributed by atoms with Crippen LogP contribution in [0.15, 0.2) is 0 Å². The Bertz CT molecular complexity index is 180. The maximum absolute atomic E-state index is 9.11. The average Bonchev–Trinajstić information content (AvgIpc) is 2.25. The van der Waals surface area contributed by atoms with Crippen LogP contribution in [0.2, 0.25) is 0 Å². The van der Waals surface area contributed by atoms with Crippen molar-refractivity contribution >= 4 is 8.38 Å². The lowest BCUT2D eigenvalue weighted by Crippen LogP contribution is -2.37. The monoisotopic (exact) mass is 265 g/mol. The molecule has 17 heavy (non-hydrogen) atoms. The molecule has 104 valence electrons. The summed E-state index contributed by atoms with van der Waals surface area (Å²) in [4.78, 5) is 9.11. The lowest BCUT2D eigenvalue weighted by Gasteiger charge is -2.25. The number of hydrogen-bond donors (Lipinski definition) is 4. The molecule has 5 nitrogen and oxygen atoms in total. The summed E-state index contributed by atoms with van der Waals surface area (Å²) in [5, 5.41) is 9.81. The second kappa shape index (κ2) is 10.2. The van der Waals surface area contributed by atoms with Crippen LogP contribution in [0.25, 0.3) is 0 Å². The first-order valence-corrected chi connectivity index (χ1v) is 7.75. The summed E-state index contributed by atoms with van der Waals surface area (Å²) in [6, 6.07) is 0. The first kappa shape index (κ1) is 17.2. The topological polar surface area (TPSA) is 65.5 Å². The maximum atomic E-state index is 9.11. The summed E-state index contributed by atoms with van der Waals surface area (Å²) in [6.07, 6.45) is 0. The van der Waals surface area contributed by atoms with Gasteiger partial charge < -0.3 is 25.4 Å². The molecule has 0 aliphatic carbocycles. The second-order valence-electron chi connectivity index (χ2n) is 4.93. The number of hydrogen-bond acceptors (Lipinski definition) is 5. The van der Waals surface area contributed by atoms with E-state index < -0.39 is 8.38 Å². The predicted octanol–water partition coefficient (Wildman–Crippen LogP) is 0.362. The Morgan fingerprint density at radius 3 is 2.29 bits per heavy atom. The van der Waals surface area contributed by atoms with Crippen LogP contribution >= 0.6 is 8.38 Å². The molecule has 0 aromatic rings. The van der Waals surface area contributed by atoms with E-state index in [1.54, 1.807) is 6.66 Å². The van der Waals surface area contributed by atoms with Gasteiger partial charge in [-0.3, -0.25) is 0 Å². The van der Waals surface area contributed by atoms with Crippen LogP contribution in [0, 0.1) is 5.41 Å². The summed E-state index contributed by atoms with van der Waals surface area (Å²) in [5.41, 5.74) is 0.0598. The third-order valence-electron chi connectivity index (χ3n) is 2.28. The van der Waals surface area contributed by atoms with Gasteiger partial charge in [-0.1, -0.05) is 13.8 Å². The first-order valence-electron chi connectivity index (χ1n) is 6.09. The number of rotatable bonds is 11. The molecule has 1 atom stereocenters. The van der Waals surface area contributed by atoms with Crippen LogP contribution in [-0.4, -0.2) is 57.9 Å². The van der Waals surface area contributed by atoms with E-state index >= 15 is 0 Å². The molecule has 1 unspecified atom stereocenters. The van der Waals surface area contributed by atoms with Crippen LogP contribution < -0.4 is 16.0 Å². The predicted molar refractivity (Wildman–Crippen MR) is 74.5 cm³/mol. The van der Waals surface area contributed by atoms with Gasteiger partial charge in [-0.2, -0.15) is 0 Å². The Labute approximate surface area is 107 Å². The summed E-state index contributed by atoms with van der Waals surface area (Å²) in [7, 11) is 0.710. The standard InChI is InChI=1S/C11H28N3O2P/c1-11(2,10-16-17(4)15)9-14-8-7-13-6-5-12-3/h12-15H,5-10H2,1-4H3. The van der Waals surface area contributed by atoms with Crippen molar-refractivity contribution < 1.29 is 9.42 Å². The van der Waals surface area contributed by atoms with Crippen molar-refractivity contribution in [3.05, 3.63) is 0 Å². The van der Waals surface area contributed by atoms with Crippen molar-refractivity contribution in [2.45, 2.75) is 13.8 Å². The Balaban J connectivity index is 3.39. The Morgan fingerprint density at radius 2 is 1.71 bits per heavy atom. The molecule has 0 aromatic heterocycles. The van der Waals surface area contributed by atoms with Gasteiger partial charge in [-0.05, 0) is 7.05 Å². The molecule has 0 aromatic carbocycles. The smallest absolute Gasteiger partial charge is 0.164 e. The minimum absolute atomic E-state index is 0.0598. The fourth-order valence-corrected chi connectivity index (χ4v) is 1.80. The first-order chi connectivity index (χ1) is 7.98. The van der Waals surface area contributed by atoms with Gasteiger partial charge in [0.2, 0.25) is 0 Å². The Hall–Kier alpha value is 0.230. The van der Waals surface area contributed by atoms with Crippen LogP contribution in [0.4, 0.5) is 0 Å². The van der Waals surface area contributed by atoms with Crippen LogP contribution in [0.3, 0.4) is 0 Å². The highest BCUT2D eigenvalue weighted by atomic mass is 31.2. The minimum atomic E-state index is -1.24. The molecule has 0 rings (SSSR count). The highest BCUT2D eigenvalue weighted by Gasteiger charge is 2.18. The average molecular weight is 265 g/mol. The summed E-state index contributed by atoms with van der Waals surface area (Å²) >= 11 is 0. The number of likely N-dealkylation sites (N-methyl/N-ethyl adjacent to an activating group) is 1. The highest BCUT2D eigenvalue weighted by molar-refractivity contribution is 7.45. The van der Waals surface area contributed by atoms with Crippen LogP contribution in [0.1, 0.15) is 13.8 Å².